The highest BCUT2D eigenvalue weighted by molar-refractivity contribution is 5.88. The van der Waals surface area contributed by atoms with Gasteiger partial charge in [0.2, 0.25) is 5.95 Å². The number of benzene rings is 1. The molecule has 0 atom stereocenters. The maximum atomic E-state index is 10.7. The summed E-state index contributed by atoms with van der Waals surface area (Å²) in [5, 5.41) is 15.5. The monoisotopic (exact) mass is 576 g/mol. The number of rotatable bonds is 8. The van der Waals surface area contributed by atoms with Crippen molar-refractivity contribution in [3.8, 4) is 5.82 Å². The zero-order valence-corrected chi connectivity index (χ0v) is 24.8. The van der Waals surface area contributed by atoms with Crippen molar-refractivity contribution in [1.82, 2.24) is 24.4 Å². The molecule has 1 aromatic carbocycles. The van der Waals surface area contributed by atoms with Gasteiger partial charge in [0, 0.05) is 61.4 Å². The molecule has 0 bridgehead atoms. The molecule has 4 heterocycles. The Morgan fingerprint density at radius 1 is 1.10 bits per heavy atom. The van der Waals surface area contributed by atoms with Gasteiger partial charge >= 0.3 is 5.97 Å². The fourth-order valence-corrected chi connectivity index (χ4v) is 4.28. The van der Waals surface area contributed by atoms with Gasteiger partial charge in [-0.1, -0.05) is 26.8 Å². The Bertz CT molecular complexity index is 1480. The van der Waals surface area contributed by atoms with Crippen molar-refractivity contribution in [2.24, 2.45) is 0 Å². The zero-order chi connectivity index (χ0) is 30.3. The fourth-order valence-electron chi connectivity index (χ4n) is 4.28. The SMILES string of the molecule is Cc1ccc(N)cc1Nc1nccn1-c1cc(NCCN2CCOCC2)ncn1.Cc1oc(C(C)(C)C)cc1C(=O)O. The molecule has 1 saturated heterocycles. The third-order valence-corrected chi connectivity index (χ3v) is 6.77. The number of morpholine rings is 1. The molecule has 0 unspecified atom stereocenters. The average Bonchev–Trinajstić information content (AvgIpc) is 3.59. The molecule has 4 aromatic rings. The molecule has 0 amide bonds. The van der Waals surface area contributed by atoms with Crippen LogP contribution in [0.15, 0.2) is 53.5 Å². The fraction of sp³-hybridized carbons (Fsp3) is 0.400. The van der Waals surface area contributed by atoms with E-state index in [4.69, 9.17) is 20.0 Å². The first-order valence-electron chi connectivity index (χ1n) is 13.9. The number of aryl methyl sites for hydroxylation is 2. The van der Waals surface area contributed by atoms with E-state index < -0.39 is 5.97 Å². The standard InChI is InChI=1S/C20H26N8O.C10H14O3/c1-15-2-3-16(21)12-17(15)26-20-23-5-7-28(20)19-13-18(24-14-25-19)22-4-6-27-8-10-29-11-9-27;1-6-7(9(11)12)5-8(13-6)10(2,3)4/h2-3,5,7,12-14H,4,6,8-11,21H2,1H3,(H,23,26)(H,22,24,25);5H,1-4H3,(H,11,12). The van der Waals surface area contributed by atoms with Gasteiger partial charge in [-0.2, -0.15) is 0 Å². The third kappa shape index (κ3) is 8.08. The van der Waals surface area contributed by atoms with Crippen LogP contribution in [-0.2, 0) is 10.2 Å². The van der Waals surface area contributed by atoms with Gasteiger partial charge in [-0.3, -0.25) is 9.47 Å². The summed E-state index contributed by atoms with van der Waals surface area (Å²) in [7, 11) is 0. The van der Waals surface area contributed by atoms with Crippen LogP contribution in [0.1, 0.15) is 48.2 Å². The number of ether oxygens (including phenoxy) is 1. The molecule has 0 saturated carbocycles. The number of hydrogen-bond donors (Lipinski definition) is 4. The average molecular weight is 577 g/mol. The highest BCUT2D eigenvalue weighted by Gasteiger charge is 2.22. The van der Waals surface area contributed by atoms with Crippen LogP contribution in [0, 0.1) is 13.8 Å². The van der Waals surface area contributed by atoms with Gasteiger partial charge in [0.25, 0.3) is 0 Å². The van der Waals surface area contributed by atoms with Gasteiger partial charge in [-0.15, -0.1) is 0 Å². The Kier molecular flexibility index (Phi) is 9.81. The number of carbonyl (C=O) groups is 1. The lowest BCUT2D eigenvalue weighted by Crippen LogP contribution is -2.39. The molecule has 12 heteroatoms. The number of nitrogens with two attached hydrogens (primary N) is 1. The lowest BCUT2D eigenvalue weighted by atomic mass is 9.93. The molecule has 5 rings (SSSR count). The first-order valence-corrected chi connectivity index (χ1v) is 13.9. The number of carboxylic acid groups (broad SMARTS) is 1. The van der Waals surface area contributed by atoms with E-state index in [9.17, 15) is 4.79 Å². The Labute approximate surface area is 245 Å². The molecule has 0 spiro atoms. The van der Waals surface area contributed by atoms with E-state index in [0.717, 1.165) is 62.3 Å². The highest BCUT2D eigenvalue weighted by Crippen LogP contribution is 2.27. The van der Waals surface area contributed by atoms with Gasteiger partial charge in [-0.05, 0) is 37.6 Å². The van der Waals surface area contributed by atoms with Crippen molar-refractivity contribution >= 4 is 29.1 Å². The molecule has 5 N–H and O–H groups in total. The normalized spacial score (nSPS) is 13.7. The first kappa shape index (κ1) is 30.5. The molecular weight excluding hydrogens is 536 g/mol. The van der Waals surface area contributed by atoms with Crippen LogP contribution in [0.2, 0.25) is 0 Å². The number of furan rings is 1. The summed E-state index contributed by atoms with van der Waals surface area (Å²) in [6.45, 7) is 15.0. The van der Waals surface area contributed by atoms with E-state index >= 15 is 0 Å². The number of anilines is 4. The zero-order valence-electron chi connectivity index (χ0n) is 24.8. The Morgan fingerprint density at radius 2 is 1.86 bits per heavy atom. The predicted octanol–water partition coefficient (Wildman–Crippen LogP) is 4.62. The number of nitrogens with zero attached hydrogens (tertiary/aromatic N) is 5. The van der Waals surface area contributed by atoms with Crippen LogP contribution >= 0.6 is 0 Å². The predicted molar refractivity (Wildman–Crippen MR) is 163 cm³/mol. The summed E-state index contributed by atoms with van der Waals surface area (Å²) in [6, 6.07) is 9.27. The van der Waals surface area contributed by atoms with Crippen molar-refractivity contribution in [2.75, 3.05) is 55.8 Å². The van der Waals surface area contributed by atoms with Gasteiger partial charge in [-0.25, -0.2) is 19.7 Å². The second-order valence-corrected chi connectivity index (χ2v) is 11.1. The molecular formula is C30H40N8O4. The molecule has 12 nitrogen and oxygen atoms in total. The highest BCUT2D eigenvalue weighted by atomic mass is 16.5. The minimum Gasteiger partial charge on any atom is -0.478 e. The number of carboxylic acids is 1. The maximum Gasteiger partial charge on any atom is 0.339 e. The van der Waals surface area contributed by atoms with Crippen LogP contribution in [0.5, 0.6) is 0 Å². The molecule has 1 aliphatic heterocycles. The van der Waals surface area contributed by atoms with E-state index in [0.29, 0.717) is 23.2 Å². The summed E-state index contributed by atoms with van der Waals surface area (Å²) in [6.07, 6.45) is 5.16. The molecule has 0 aliphatic carbocycles. The second-order valence-electron chi connectivity index (χ2n) is 11.1. The van der Waals surface area contributed by atoms with Crippen LogP contribution in [0.25, 0.3) is 5.82 Å². The molecule has 3 aromatic heterocycles. The van der Waals surface area contributed by atoms with Gasteiger partial charge < -0.3 is 30.6 Å². The van der Waals surface area contributed by atoms with Crippen LogP contribution in [0.3, 0.4) is 0 Å². The quantitative estimate of drug-likeness (QED) is 0.217. The second kappa shape index (κ2) is 13.5. The summed E-state index contributed by atoms with van der Waals surface area (Å²) in [4.78, 5) is 26.2. The molecule has 1 fully saturated rings. The van der Waals surface area contributed by atoms with E-state index in [1.807, 2.05) is 62.7 Å². The molecule has 224 valence electrons. The number of nitrogens with one attached hydrogen (secondary N) is 2. The van der Waals surface area contributed by atoms with Crippen molar-refractivity contribution in [3.63, 3.8) is 0 Å². The number of imidazole rings is 1. The minimum absolute atomic E-state index is 0.140. The van der Waals surface area contributed by atoms with Crippen LogP contribution in [0.4, 0.5) is 23.1 Å². The number of aromatic carboxylic acids is 1. The number of nitrogen functional groups attached to an aromatic ring is 1. The van der Waals surface area contributed by atoms with Crippen molar-refractivity contribution < 1.29 is 19.1 Å². The summed E-state index contributed by atoms with van der Waals surface area (Å²) in [5.41, 5.74) is 8.73. The Morgan fingerprint density at radius 3 is 2.52 bits per heavy atom. The van der Waals surface area contributed by atoms with Crippen LogP contribution < -0.4 is 16.4 Å². The topological polar surface area (TPSA) is 157 Å². The third-order valence-electron chi connectivity index (χ3n) is 6.77. The van der Waals surface area contributed by atoms with Crippen LogP contribution in [-0.4, -0.2) is 74.9 Å². The molecule has 42 heavy (non-hydrogen) atoms. The molecule has 0 radical (unpaired) electrons. The molecule has 1 aliphatic rings. The van der Waals surface area contributed by atoms with Gasteiger partial charge in [0.15, 0.2) is 0 Å². The van der Waals surface area contributed by atoms with Gasteiger partial charge in [0.05, 0.1) is 13.2 Å². The smallest absolute Gasteiger partial charge is 0.339 e. The van der Waals surface area contributed by atoms with Crippen molar-refractivity contribution in [2.45, 2.75) is 40.0 Å². The largest absolute Gasteiger partial charge is 0.478 e. The van der Waals surface area contributed by atoms with Gasteiger partial charge in [0.1, 0.15) is 35.0 Å². The number of aromatic nitrogens is 4. The summed E-state index contributed by atoms with van der Waals surface area (Å²) >= 11 is 0. The minimum atomic E-state index is -0.934. The van der Waals surface area contributed by atoms with E-state index in [-0.39, 0.29) is 11.0 Å². The lowest BCUT2D eigenvalue weighted by Gasteiger charge is -2.26. The van der Waals surface area contributed by atoms with Crippen molar-refractivity contribution in [1.29, 1.82) is 0 Å². The van der Waals surface area contributed by atoms with E-state index in [1.54, 1.807) is 25.5 Å². The maximum absolute atomic E-state index is 10.7. The summed E-state index contributed by atoms with van der Waals surface area (Å²) in [5.74, 6) is 2.42. The van der Waals surface area contributed by atoms with E-state index in [1.165, 1.54) is 0 Å². The lowest BCUT2D eigenvalue weighted by molar-refractivity contribution is 0.0398. The van der Waals surface area contributed by atoms with Crippen molar-refractivity contribution in [3.05, 3.63) is 71.7 Å². The first-order chi connectivity index (χ1) is 20.0. The Balaban J connectivity index is 0.000000262. The Hall–Kier alpha value is -4.42. The van der Waals surface area contributed by atoms with E-state index in [2.05, 4.69) is 30.5 Å². The summed E-state index contributed by atoms with van der Waals surface area (Å²) < 4.78 is 12.6. The number of hydrogen-bond acceptors (Lipinski definition) is 10.